The van der Waals surface area contributed by atoms with Gasteiger partial charge in [-0.3, -0.25) is 9.36 Å². The highest BCUT2D eigenvalue weighted by Crippen LogP contribution is 2.37. The van der Waals surface area contributed by atoms with E-state index < -0.39 is 0 Å². The molecular weight excluding hydrogens is 364 g/mol. The van der Waals surface area contributed by atoms with E-state index in [0.29, 0.717) is 23.1 Å². The fourth-order valence-corrected chi connectivity index (χ4v) is 4.67. The van der Waals surface area contributed by atoms with E-state index in [1.165, 1.54) is 6.42 Å². The highest BCUT2D eigenvalue weighted by molar-refractivity contribution is 5.83. The molecule has 5 rings (SSSR count). The van der Waals surface area contributed by atoms with Gasteiger partial charge in [0.2, 0.25) is 0 Å². The van der Waals surface area contributed by atoms with Crippen LogP contribution in [-0.2, 0) is 0 Å². The maximum atomic E-state index is 13.3. The van der Waals surface area contributed by atoms with Gasteiger partial charge in [0.25, 0.3) is 5.56 Å². The first-order chi connectivity index (χ1) is 14.1. The molecule has 7 nitrogen and oxygen atoms in total. The van der Waals surface area contributed by atoms with Gasteiger partial charge in [0.05, 0.1) is 11.3 Å². The first-order valence-corrected chi connectivity index (χ1v) is 10.2. The standard InChI is InChI=1S/C22H24N6O/c1-13-8-7-11-17(14(13)2)27-12-23-21-19(22(27)29)24-25-20-18(15(3)26-28(20)21)16-9-5-4-6-10-16/h4-6,9-10,12-14,17H,7-8,11H2,1-3H3. The summed E-state index contributed by atoms with van der Waals surface area (Å²) in [7, 11) is 0. The van der Waals surface area contributed by atoms with Gasteiger partial charge >= 0.3 is 0 Å². The summed E-state index contributed by atoms with van der Waals surface area (Å²) in [6.07, 6.45) is 5.00. The summed E-state index contributed by atoms with van der Waals surface area (Å²) in [5.41, 5.74) is 3.98. The van der Waals surface area contributed by atoms with Crippen molar-refractivity contribution < 1.29 is 0 Å². The summed E-state index contributed by atoms with van der Waals surface area (Å²) in [5, 5.41) is 13.3. The monoisotopic (exact) mass is 388 g/mol. The minimum atomic E-state index is -0.134. The number of nitrogens with zero attached hydrogens (tertiary/aromatic N) is 6. The number of aromatic nitrogens is 6. The van der Waals surface area contributed by atoms with Crippen molar-refractivity contribution in [1.82, 2.24) is 29.4 Å². The Hall–Kier alpha value is -3.09. The van der Waals surface area contributed by atoms with Gasteiger partial charge in [0.1, 0.15) is 6.33 Å². The molecule has 0 aliphatic heterocycles. The van der Waals surface area contributed by atoms with E-state index in [4.69, 9.17) is 0 Å². The van der Waals surface area contributed by atoms with Gasteiger partial charge < -0.3 is 0 Å². The van der Waals surface area contributed by atoms with Crippen LogP contribution in [0.4, 0.5) is 0 Å². The summed E-state index contributed by atoms with van der Waals surface area (Å²) in [6, 6.07) is 10.1. The lowest BCUT2D eigenvalue weighted by Crippen LogP contribution is -2.34. The Labute approximate surface area is 168 Å². The predicted molar refractivity (Wildman–Crippen MR) is 112 cm³/mol. The molecule has 0 radical (unpaired) electrons. The maximum Gasteiger partial charge on any atom is 0.283 e. The third-order valence-electron chi connectivity index (χ3n) is 6.52. The number of rotatable bonds is 2. The summed E-state index contributed by atoms with van der Waals surface area (Å²) in [4.78, 5) is 17.9. The van der Waals surface area contributed by atoms with E-state index in [1.54, 1.807) is 15.4 Å². The van der Waals surface area contributed by atoms with Crippen molar-refractivity contribution in [2.45, 2.75) is 46.1 Å². The van der Waals surface area contributed by atoms with Gasteiger partial charge in [-0.2, -0.15) is 9.61 Å². The second-order valence-electron chi connectivity index (χ2n) is 8.23. The Morgan fingerprint density at radius 1 is 1.03 bits per heavy atom. The van der Waals surface area contributed by atoms with Gasteiger partial charge in [0, 0.05) is 6.04 Å². The molecule has 1 aliphatic rings. The first kappa shape index (κ1) is 18.0. The van der Waals surface area contributed by atoms with Crippen LogP contribution in [0.2, 0.25) is 0 Å². The van der Waals surface area contributed by atoms with Crippen molar-refractivity contribution in [2.75, 3.05) is 0 Å². The molecule has 1 saturated carbocycles. The van der Waals surface area contributed by atoms with E-state index in [0.717, 1.165) is 29.7 Å². The fourth-order valence-electron chi connectivity index (χ4n) is 4.67. The zero-order valence-electron chi connectivity index (χ0n) is 16.9. The average molecular weight is 388 g/mol. The summed E-state index contributed by atoms with van der Waals surface area (Å²) in [6.45, 7) is 6.43. The molecule has 29 heavy (non-hydrogen) atoms. The maximum absolute atomic E-state index is 13.3. The van der Waals surface area contributed by atoms with Crippen LogP contribution in [0, 0.1) is 18.8 Å². The predicted octanol–water partition coefficient (Wildman–Crippen LogP) is 3.81. The van der Waals surface area contributed by atoms with Crippen molar-refractivity contribution in [1.29, 1.82) is 0 Å². The Balaban J connectivity index is 1.70. The molecule has 3 heterocycles. The molecule has 0 amide bonds. The van der Waals surface area contributed by atoms with E-state index in [2.05, 4.69) is 34.1 Å². The van der Waals surface area contributed by atoms with Crippen molar-refractivity contribution in [3.05, 3.63) is 52.7 Å². The molecular formula is C22H24N6O. The van der Waals surface area contributed by atoms with E-state index in [-0.39, 0.29) is 17.1 Å². The van der Waals surface area contributed by atoms with Crippen LogP contribution in [0.25, 0.3) is 27.9 Å². The smallest absolute Gasteiger partial charge is 0.283 e. The number of hydrogen-bond donors (Lipinski definition) is 0. The van der Waals surface area contributed by atoms with Gasteiger partial charge in [-0.15, -0.1) is 10.2 Å². The van der Waals surface area contributed by atoms with Crippen molar-refractivity contribution in [3.8, 4) is 11.1 Å². The molecule has 1 aliphatic carbocycles. The zero-order chi connectivity index (χ0) is 20.1. The second kappa shape index (κ2) is 6.76. The third kappa shape index (κ3) is 2.75. The van der Waals surface area contributed by atoms with E-state index >= 15 is 0 Å². The minimum absolute atomic E-state index is 0.134. The third-order valence-corrected chi connectivity index (χ3v) is 6.52. The molecule has 4 aromatic rings. The average Bonchev–Trinajstić information content (AvgIpc) is 3.07. The molecule has 3 unspecified atom stereocenters. The van der Waals surface area contributed by atoms with Gasteiger partial charge in [0.15, 0.2) is 16.8 Å². The van der Waals surface area contributed by atoms with E-state index in [1.807, 2.05) is 37.3 Å². The van der Waals surface area contributed by atoms with Crippen LogP contribution in [0.3, 0.4) is 0 Å². The largest absolute Gasteiger partial charge is 0.294 e. The van der Waals surface area contributed by atoms with Crippen LogP contribution in [0.5, 0.6) is 0 Å². The van der Waals surface area contributed by atoms with E-state index in [9.17, 15) is 4.79 Å². The van der Waals surface area contributed by atoms with Crippen LogP contribution in [0.15, 0.2) is 41.5 Å². The lowest BCUT2D eigenvalue weighted by Gasteiger charge is -2.34. The summed E-state index contributed by atoms with van der Waals surface area (Å²) >= 11 is 0. The SMILES string of the molecule is Cc1nn2c(nnc3c(=O)n(C4CCCC(C)C4C)cnc32)c1-c1ccccc1. The highest BCUT2D eigenvalue weighted by Gasteiger charge is 2.30. The Bertz CT molecular complexity index is 1260. The molecule has 3 aromatic heterocycles. The molecule has 1 fully saturated rings. The van der Waals surface area contributed by atoms with Gasteiger partial charge in [-0.1, -0.05) is 57.0 Å². The summed E-state index contributed by atoms with van der Waals surface area (Å²) < 4.78 is 3.41. The van der Waals surface area contributed by atoms with Crippen molar-refractivity contribution >= 4 is 16.8 Å². The normalized spacial score (nSPS) is 22.4. The number of fused-ring (bicyclic) bond motifs is 3. The lowest BCUT2D eigenvalue weighted by atomic mass is 9.78. The zero-order valence-corrected chi connectivity index (χ0v) is 16.9. The number of benzene rings is 1. The van der Waals surface area contributed by atoms with Crippen molar-refractivity contribution in [3.63, 3.8) is 0 Å². The van der Waals surface area contributed by atoms with Gasteiger partial charge in [-0.25, -0.2) is 4.98 Å². The molecule has 0 bridgehead atoms. The van der Waals surface area contributed by atoms with Crippen LogP contribution in [0.1, 0.15) is 44.8 Å². The Morgan fingerprint density at radius 2 is 1.83 bits per heavy atom. The van der Waals surface area contributed by atoms with Gasteiger partial charge in [-0.05, 0) is 30.7 Å². The molecule has 7 heteroatoms. The minimum Gasteiger partial charge on any atom is -0.294 e. The Morgan fingerprint density at radius 3 is 2.62 bits per heavy atom. The molecule has 0 N–H and O–H groups in total. The lowest BCUT2D eigenvalue weighted by molar-refractivity contribution is 0.182. The molecule has 0 saturated heterocycles. The summed E-state index contributed by atoms with van der Waals surface area (Å²) in [5.74, 6) is 1.01. The quantitative estimate of drug-likeness (QED) is 0.522. The number of aryl methyl sites for hydroxylation is 1. The van der Waals surface area contributed by atoms with Crippen molar-refractivity contribution in [2.24, 2.45) is 11.8 Å². The number of hydrogen-bond acceptors (Lipinski definition) is 5. The molecule has 1 aromatic carbocycles. The first-order valence-electron chi connectivity index (χ1n) is 10.2. The van der Waals surface area contributed by atoms with Crippen LogP contribution >= 0.6 is 0 Å². The Kier molecular flexibility index (Phi) is 4.19. The van der Waals surface area contributed by atoms with Crippen LogP contribution < -0.4 is 5.56 Å². The highest BCUT2D eigenvalue weighted by atomic mass is 16.1. The van der Waals surface area contributed by atoms with Crippen LogP contribution in [-0.4, -0.2) is 29.4 Å². The molecule has 148 valence electrons. The molecule has 0 spiro atoms. The topological polar surface area (TPSA) is 78.0 Å². The fraction of sp³-hybridized carbons (Fsp3) is 0.409. The molecule has 3 atom stereocenters. The second-order valence-corrected chi connectivity index (χ2v) is 8.23.